The van der Waals surface area contributed by atoms with Gasteiger partial charge in [-0.15, -0.1) is 11.3 Å². The Morgan fingerprint density at radius 1 is 1.04 bits per heavy atom. The summed E-state index contributed by atoms with van der Waals surface area (Å²) in [6.07, 6.45) is 1.67. The maximum atomic E-state index is 12.6. The molecule has 3 rings (SSSR count). The number of carbonyl (C=O) groups excluding carboxylic acids is 2. The molecule has 0 unspecified atom stereocenters. The summed E-state index contributed by atoms with van der Waals surface area (Å²) >= 11 is 4.61. The Kier molecular flexibility index (Phi) is 5.76. The van der Waals surface area contributed by atoms with Gasteiger partial charge in [0, 0.05) is 24.0 Å². The van der Waals surface area contributed by atoms with E-state index < -0.39 is 21.8 Å². The molecule has 26 heavy (non-hydrogen) atoms. The van der Waals surface area contributed by atoms with Crippen LogP contribution in [0.15, 0.2) is 44.4 Å². The van der Waals surface area contributed by atoms with Crippen LogP contribution < -0.4 is 10.9 Å². The number of halogens is 1. The largest absolute Gasteiger partial charge is 0.270 e. The fourth-order valence-electron chi connectivity index (χ4n) is 2.56. The first kappa shape index (κ1) is 19.0. The first-order chi connectivity index (χ1) is 12.4. The third-order valence-electron chi connectivity index (χ3n) is 3.92. The highest BCUT2D eigenvalue weighted by atomic mass is 79.9. The SMILES string of the molecule is O=C(NNC(=O)c1csc(Br)c1)c1cccc(S(=O)(=O)N2CCCC2)c1. The lowest BCUT2D eigenvalue weighted by atomic mass is 10.2. The van der Waals surface area contributed by atoms with Crippen LogP contribution in [-0.2, 0) is 10.0 Å². The summed E-state index contributed by atoms with van der Waals surface area (Å²) in [4.78, 5) is 24.3. The first-order valence-corrected chi connectivity index (χ1v) is 10.9. The van der Waals surface area contributed by atoms with Crippen molar-refractivity contribution in [1.29, 1.82) is 0 Å². The highest BCUT2D eigenvalue weighted by molar-refractivity contribution is 9.11. The zero-order chi connectivity index (χ0) is 18.7. The topological polar surface area (TPSA) is 95.6 Å². The molecule has 1 fully saturated rings. The number of nitrogens with zero attached hydrogens (tertiary/aromatic N) is 1. The van der Waals surface area contributed by atoms with E-state index in [9.17, 15) is 18.0 Å². The van der Waals surface area contributed by atoms with E-state index in [-0.39, 0.29) is 10.5 Å². The van der Waals surface area contributed by atoms with E-state index >= 15 is 0 Å². The Bertz CT molecular complexity index is 936. The van der Waals surface area contributed by atoms with Crippen LogP contribution in [0.5, 0.6) is 0 Å². The molecule has 0 bridgehead atoms. The third-order valence-corrected chi connectivity index (χ3v) is 7.32. The maximum Gasteiger partial charge on any atom is 0.270 e. The highest BCUT2D eigenvalue weighted by Crippen LogP contribution is 2.22. The molecule has 1 saturated heterocycles. The quantitative estimate of drug-likeness (QED) is 0.688. The molecule has 2 amide bonds. The lowest BCUT2D eigenvalue weighted by molar-refractivity contribution is 0.0847. The predicted octanol–water partition coefficient (Wildman–Crippen LogP) is 2.37. The average molecular weight is 458 g/mol. The van der Waals surface area contributed by atoms with Gasteiger partial charge in [-0.05, 0) is 53.0 Å². The molecule has 2 heterocycles. The van der Waals surface area contributed by atoms with E-state index in [1.165, 1.54) is 39.9 Å². The van der Waals surface area contributed by atoms with Gasteiger partial charge in [-0.3, -0.25) is 20.4 Å². The Balaban J connectivity index is 1.69. The normalized spacial score (nSPS) is 15.0. The molecule has 0 radical (unpaired) electrons. The van der Waals surface area contributed by atoms with Crippen molar-refractivity contribution in [2.24, 2.45) is 0 Å². The van der Waals surface area contributed by atoms with Gasteiger partial charge in [0.1, 0.15) is 0 Å². The van der Waals surface area contributed by atoms with Crippen LogP contribution in [0.25, 0.3) is 0 Å². The van der Waals surface area contributed by atoms with Crippen LogP contribution in [0.3, 0.4) is 0 Å². The number of rotatable bonds is 4. The Morgan fingerprint density at radius 2 is 1.69 bits per heavy atom. The van der Waals surface area contributed by atoms with E-state index in [0.29, 0.717) is 18.7 Å². The molecule has 1 aromatic carbocycles. The summed E-state index contributed by atoms with van der Waals surface area (Å²) < 4.78 is 27.4. The fraction of sp³-hybridized carbons (Fsp3) is 0.250. The fourth-order valence-corrected chi connectivity index (χ4v) is 5.26. The number of hydrogen-bond acceptors (Lipinski definition) is 5. The number of benzene rings is 1. The maximum absolute atomic E-state index is 12.6. The van der Waals surface area contributed by atoms with E-state index in [4.69, 9.17) is 0 Å². The van der Waals surface area contributed by atoms with Gasteiger partial charge in [-0.2, -0.15) is 4.31 Å². The first-order valence-electron chi connectivity index (χ1n) is 7.83. The molecular formula is C16H16BrN3O4S2. The molecule has 0 spiro atoms. The second kappa shape index (κ2) is 7.87. The van der Waals surface area contributed by atoms with E-state index in [1.54, 1.807) is 11.4 Å². The molecule has 7 nitrogen and oxygen atoms in total. The van der Waals surface area contributed by atoms with Crippen molar-refractivity contribution in [2.75, 3.05) is 13.1 Å². The number of nitrogens with one attached hydrogen (secondary N) is 2. The van der Waals surface area contributed by atoms with Crippen molar-refractivity contribution >= 4 is 49.1 Å². The second-order valence-electron chi connectivity index (χ2n) is 5.69. The van der Waals surface area contributed by atoms with E-state index in [0.717, 1.165) is 16.6 Å². The monoisotopic (exact) mass is 457 g/mol. The van der Waals surface area contributed by atoms with E-state index in [1.807, 2.05) is 0 Å². The molecule has 1 aromatic heterocycles. The minimum absolute atomic E-state index is 0.0696. The van der Waals surface area contributed by atoms with Crippen molar-refractivity contribution in [3.63, 3.8) is 0 Å². The molecule has 2 N–H and O–H groups in total. The molecule has 2 aromatic rings. The Morgan fingerprint density at radius 3 is 2.31 bits per heavy atom. The van der Waals surface area contributed by atoms with Crippen molar-refractivity contribution in [1.82, 2.24) is 15.2 Å². The van der Waals surface area contributed by atoms with E-state index in [2.05, 4.69) is 26.8 Å². The summed E-state index contributed by atoms with van der Waals surface area (Å²) in [5.74, 6) is -1.05. The van der Waals surface area contributed by atoms with Crippen molar-refractivity contribution in [3.8, 4) is 0 Å². The number of hydrogen-bond donors (Lipinski definition) is 2. The second-order valence-corrected chi connectivity index (χ2v) is 9.92. The summed E-state index contributed by atoms with van der Waals surface area (Å²) in [5.41, 5.74) is 5.17. The van der Waals surface area contributed by atoms with Gasteiger partial charge in [-0.25, -0.2) is 8.42 Å². The molecule has 1 aliphatic rings. The van der Waals surface area contributed by atoms with Gasteiger partial charge in [-0.1, -0.05) is 6.07 Å². The van der Waals surface area contributed by atoms with Gasteiger partial charge in [0.25, 0.3) is 11.8 Å². The third kappa shape index (κ3) is 4.14. The Hall–Kier alpha value is -1.75. The van der Waals surface area contributed by atoms with Crippen LogP contribution in [0, 0.1) is 0 Å². The van der Waals surface area contributed by atoms with Crippen LogP contribution in [0.1, 0.15) is 33.6 Å². The van der Waals surface area contributed by atoms with Crippen molar-refractivity contribution in [3.05, 3.63) is 50.6 Å². The molecule has 10 heteroatoms. The lowest BCUT2D eigenvalue weighted by Crippen LogP contribution is -2.41. The smallest absolute Gasteiger partial charge is 0.267 e. The number of sulfonamides is 1. The van der Waals surface area contributed by atoms with Gasteiger partial charge in [0.15, 0.2) is 0 Å². The number of hydrazine groups is 1. The van der Waals surface area contributed by atoms with Crippen LogP contribution in [-0.4, -0.2) is 37.6 Å². The number of thiophene rings is 1. The lowest BCUT2D eigenvalue weighted by Gasteiger charge is -2.16. The van der Waals surface area contributed by atoms with Crippen LogP contribution >= 0.6 is 27.3 Å². The average Bonchev–Trinajstić information content (AvgIpc) is 3.31. The summed E-state index contributed by atoms with van der Waals surface area (Å²) in [7, 11) is -3.60. The van der Waals surface area contributed by atoms with Crippen molar-refractivity contribution in [2.45, 2.75) is 17.7 Å². The molecule has 0 aliphatic carbocycles. The molecular weight excluding hydrogens is 442 g/mol. The summed E-state index contributed by atoms with van der Waals surface area (Å²) in [5, 5.41) is 1.65. The molecule has 0 saturated carbocycles. The van der Waals surface area contributed by atoms with Crippen LogP contribution in [0.2, 0.25) is 0 Å². The van der Waals surface area contributed by atoms with Gasteiger partial charge < -0.3 is 0 Å². The molecule has 138 valence electrons. The number of amides is 2. The van der Waals surface area contributed by atoms with Crippen LogP contribution in [0.4, 0.5) is 0 Å². The molecule has 1 aliphatic heterocycles. The van der Waals surface area contributed by atoms with Gasteiger partial charge >= 0.3 is 0 Å². The Labute approximate surface area is 163 Å². The predicted molar refractivity (Wildman–Crippen MR) is 101 cm³/mol. The molecule has 0 atom stereocenters. The zero-order valence-corrected chi connectivity index (χ0v) is 16.8. The van der Waals surface area contributed by atoms with Gasteiger partial charge in [0.05, 0.1) is 14.2 Å². The summed E-state index contributed by atoms with van der Waals surface area (Å²) in [6, 6.07) is 7.42. The minimum Gasteiger partial charge on any atom is -0.267 e. The summed E-state index contributed by atoms with van der Waals surface area (Å²) in [6.45, 7) is 0.982. The van der Waals surface area contributed by atoms with Crippen molar-refractivity contribution < 1.29 is 18.0 Å². The minimum atomic E-state index is -3.60. The number of carbonyl (C=O) groups is 2. The zero-order valence-electron chi connectivity index (χ0n) is 13.6. The standard InChI is InChI=1S/C16H16BrN3O4S2/c17-14-9-12(10-25-14)16(22)19-18-15(21)11-4-3-5-13(8-11)26(23,24)20-6-1-2-7-20/h3-5,8-10H,1-2,6-7H2,(H,18,21)(H,19,22). The highest BCUT2D eigenvalue weighted by Gasteiger charge is 2.27. The van der Waals surface area contributed by atoms with Gasteiger partial charge in [0.2, 0.25) is 10.0 Å².